The fraction of sp³-hybridized carbons (Fsp3) is 0.409. The molecule has 31 heavy (non-hydrogen) atoms. The number of rotatable bonds is 6. The summed E-state index contributed by atoms with van der Waals surface area (Å²) in [6, 6.07) is 7.62. The van der Waals surface area contributed by atoms with Crippen LogP contribution in [0, 0.1) is 6.92 Å². The Morgan fingerprint density at radius 1 is 1.13 bits per heavy atom. The molecule has 1 amide bonds. The molecule has 1 aliphatic heterocycles. The summed E-state index contributed by atoms with van der Waals surface area (Å²) in [6.07, 6.45) is 1.66. The SMILES string of the molecule is Cc1ccc(Cl)cc1N1CCN(C(=O)CCCCn2c(=O)[nH]c3ccsc3c2=O)CC1. The number of thiophene rings is 1. The van der Waals surface area contributed by atoms with E-state index in [1.807, 2.05) is 23.1 Å². The van der Waals surface area contributed by atoms with E-state index >= 15 is 0 Å². The van der Waals surface area contributed by atoms with E-state index in [4.69, 9.17) is 11.6 Å². The second-order valence-electron chi connectivity index (χ2n) is 7.81. The number of halogens is 1. The van der Waals surface area contributed by atoms with Gasteiger partial charge in [-0.3, -0.25) is 14.2 Å². The Hall–Kier alpha value is -2.58. The molecule has 4 rings (SSSR count). The van der Waals surface area contributed by atoms with Gasteiger partial charge in [0.25, 0.3) is 5.56 Å². The number of carbonyl (C=O) groups is 1. The number of carbonyl (C=O) groups excluding carboxylic acids is 1. The monoisotopic (exact) mass is 460 g/mol. The van der Waals surface area contributed by atoms with E-state index < -0.39 is 5.69 Å². The molecule has 0 unspecified atom stereocenters. The smallest absolute Gasteiger partial charge is 0.328 e. The number of aromatic nitrogens is 2. The summed E-state index contributed by atoms with van der Waals surface area (Å²) in [5, 5.41) is 2.51. The molecular weight excluding hydrogens is 436 g/mol. The maximum absolute atomic E-state index is 12.6. The molecule has 0 spiro atoms. The number of aromatic amines is 1. The van der Waals surface area contributed by atoms with Crippen molar-refractivity contribution in [1.29, 1.82) is 0 Å². The number of aryl methyl sites for hydroxylation is 1. The lowest BCUT2D eigenvalue weighted by atomic mass is 10.1. The Bertz CT molecular complexity index is 1210. The van der Waals surface area contributed by atoms with Crippen LogP contribution < -0.4 is 16.1 Å². The molecule has 9 heteroatoms. The van der Waals surface area contributed by atoms with Crippen LogP contribution in [0.5, 0.6) is 0 Å². The van der Waals surface area contributed by atoms with Gasteiger partial charge in [0.05, 0.1) is 5.52 Å². The van der Waals surface area contributed by atoms with Gasteiger partial charge in [-0.2, -0.15) is 0 Å². The van der Waals surface area contributed by atoms with E-state index in [0.717, 1.165) is 23.8 Å². The van der Waals surface area contributed by atoms with Crippen molar-refractivity contribution in [2.24, 2.45) is 0 Å². The molecule has 1 aliphatic rings. The lowest BCUT2D eigenvalue weighted by Gasteiger charge is -2.37. The van der Waals surface area contributed by atoms with Crippen LogP contribution >= 0.6 is 22.9 Å². The van der Waals surface area contributed by atoms with Crippen LogP contribution in [0.4, 0.5) is 5.69 Å². The Morgan fingerprint density at radius 3 is 2.68 bits per heavy atom. The second kappa shape index (κ2) is 9.28. The topological polar surface area (TPSA) is 78.4 Å². The third kappa shape index (κ3) is 4.70. The summed E-state index contributed by atoms with van der Waals surface area (Å²) in [7, 11) is 0. The summed E-state index contributed by atoms with van der Waals surface area (Å²) in [5.74, 6) is 0.123. The molecule has 1 fully saturated rings. The third-order valence-corrected chi connectivity index (χ3v) is 6.90. The molecule has 0 saturated carbocycles. The first-order valence-corrected chi connectivity index (χ1v) is 11.7. The van der Waals surface area contributed by atoms with Gasteiger partial charge in [0, 0.05) is 49.9 Å². The van der Waals surface area contributed by atoms with E-state index in [2.05, 4.69) is 16.8 Å². The van der Waals surface area contributed by atoms with Crippen molar-refractivity contribution >= 4 is 44.7 Å². The van der Waals surface area contributed by atoms with Gasteiger partial charge in [0.15, 0.2) is 0 Å². The number of amides is 1. The number of benzene rings is 1. The van der Waals surface area contributed by atoms with Crippen LogP contribution in [0.1, 0.15) is 24.8 Å². The largest absolute Gasteiger partial charge is 0.368 e. The predicted octanol–water partition coefficient (Wildman–Crippen LogP) is 3.23. The van der Waals surface area contributed by atoms with Crippen molar-refractivity contribution in [3.05, 3.63) is 61.1 Å². The minimum Gasteiger partial charge on any atom is -0.368 e. The number of anilines is 1. The zero-order chi connectivity index (χ0) is 22.0. The molecule has 1 N–H and O–H groups in total. The zero-order valence-electron chi connectivity index (χ0n) is 17.4. The van der Waals surface area contributed by atoms with Gasteiger partial charge in [0.1, 0.15) is 4.70 Å². The summed E-state index contributed by atoms with van der Waals surface area (Å²) < 4.78 is 1.79. The van der Waals surface area contributed by atoms with Crippen molar-refractivity contribution in [1.82, 2.24) is 14.5 Å². The summed E-state index contributed by atoms with van der Waals surface area (Å²) >= 11 is 7.46. The van der Waals surface area contributed by atoms with Crippen molar-refractivity contribution in [2.45, 2.75) is 32.7 Å². The normalized spacial score (nSPS) is 14.4. The first-order valence-electron chi connectivity index (χ1n) is 10.4. The summed E-state index contributed by atoms with van der Waals surface area (Å²) in [6.45, 7) is 5.29. The highest BCUT2D eigenvalue weighted by Gasteiger charge is 2.22. The van der Waals surface area contributed by atoms with E-state index in [1.165, 1.54) is 21.5 Å². The van der Waals surface area contributed by atoms with Crippen LogP contribution in [-0.4, -0.2) is 46.5 Å². The molecule has 2 aromatic heterocycles. The molecule has 1 saturated heterocycles. The highest BCUT2D eigenvalue weighted by Crippen LogP contribution is 2.25. The van der Waals surface area contributed by atoms with Gasteiger partial charge in [0.2, 0.25) is 5.91 Å². The van der Waals surface area contributed by atoms with Crippen molar-refractivity contribution < 1.29 is 4.79 Å². The number of hydrogen-bond acceptors (Lipinski definition) is 5. The van der Waals surface area contributed by atoms with Crippen LogP contribution in [-0.2, 0) is 11.3 Å². The average Bonchev–Trinajstić information content (AvgIpc) is 3.23. The minimum absolute atomic E-state index is 0.123. The first-order chi connectivity index (χ1) is 14.9. The molecule has 3 heterocycles. The number of H-pyrrole nitrogens is 1. The number of piperazine rings is 1. The van der Waals surface area contributed by atoms with Gasteiger partial charge >= 0.3 is 5.69 Å². The molecular formula is C22H25ClN4O3S. The maximum Gasteiger partial charge on any atom is 0.328 e. The molecule has 1 aromatic carbocycles. The van der Waals surface area contributed by atoms with Crippen LogP contribution in [0.25, 0.3) is 10.2 Å². The van der Waals surface area contributed by atoms with Gasteiger partial charge in [-0.15, -0.1) is 11.3 Å². The molecule has 3 aromatic rings. The highest BCUT2D eigenvalue weighted by molar-refractivity contribution is 7.17. The van der Waals surface area contributed by atoms with E-state index in [1.54, 1.807) is 11.4 Å². The average molecular weight is 461 g/mol. The van der Waals surface area contributed by atoms with Crippen molar-refractivity contribution in [3.63, 3.8) is 0 Å². The van der Waals surface area contributed by atoms with Gasteiger partial charge < -0.3 is 14.8 Å². The number of nitrogens with one attached hydrogen (secondary N) is 1. The lowest BCUT2D eigenvalue weighted by Crippen LogP contribution is -2.49. The fourth-order valence-corrected chi connectivity index (χ4v) is 4.96. The standard InChI is InChI=1S/C22H25ClN4O3S/c1-15-5-6-16(23)14-18(15)25-9-11-26(12-10-25)19(28)4-2-3-8-27-21(29)20-17(7-13-31-20)24-22(27)30/h5-7,13-14H,2-4,8-12H2,1H3,(H,24,30). The Labute approximate surface area is 188 Å². The molecule has 0 atom stereocenters. The van der Waals surface area contributed by atoms with Gasteiger partial charge in [-0.1, -0.05) is 17.7 Å². The molecule has 0 radical (unpaired) electrons. The van der Waals surface area contributed by atoms with E-state index in [0.29, 0.717) is 49.1 Å². The number of nitrogens with zero attached hydrogens (tertiary/aromatic N) is 3. The van der Waals surface area contributed by atoms with Crippen molar-refractivity contribution in [2.75, 3.05) is 31.1 Å². The van der Waals surface area contributed by atoms with E-state index in [9.17, 15) is 14.4 Å². The first kappa shape index (κ1) is 21.6. The van der Waals surface area contributed by atoms with Gasteiger partial charge in [-0.25, -0.2) is 4.79 Å². The third-order valence-electron chi connectivity index (χ3n) is 5.76. The second-order valence-corrected chi connectivity index (χ2v) is 9.16. The number of hydrogen-bond donors (Lipinski definition) is 1. The molecule has 164 valence electrons. The summed E-state index contributed by atoms with van der Waals surface area (Å²) in [4.78, 5) is 44.1. The minimum atomic E-state index is -0.394. The van der Waals surface area contributed by atoms with Crippen molar-refractivity contribution in [3.8, 4) is 0 Å². The number of unbranched alkanes of at least 4 members (excludes halogenated alkanes) is 1. The highest BCUT2D eigenvalue weighted by atomic mass is 35.5. The van der Waals surface area contributed by atoms with Gasteiger partial charge in [-0.05, 0) is 48.9 Å². The Kier molecular flexibility index (Phi) is 6.48. The maximum atomic E-state index is 12.6. The quantitative estimate of drug-likeness (QED) is 0.573. The van der Waals surface area contributed by atoms with Crippen LogP contribution in [0.15, 0.2) is 39.2 Å². The Balaban J connectivity index is 1.26. The zero-order valence-corrected chi connectivity index (χ0v) is 19.0. The Morgan fingerprint density at radius 2 is 1.90 bits per heavy atom. The summed E-state index contributed by atoms with van der Waals surface area (Å²) in [5.41, 5.74) is 2.23. The lowest BCUT2D eigenvalue weighted by molar-refractivity contribution is -0.131. The van der Waals surface area contributed by atoms with Crippen LogP contribution in [0.2, 0.25) is 5.02 Å². The fourth-order valence-electron chi connectivity index (χ4n) is 4.00. The molecule has 0 aliphatic carbocycles. The molecule has 7 nitrogen and oxygen atoms in total. The number of fused-ring (bicyclic) bond motifs is 1. The van der Waals surface area contributed by atoms with E-state index in [-0.39, 0.29) is 11.5 Å². The molecule has 0 bridgehead atoms. The van der Waals surface area contributed by atoms with Crippen LogP contribution in [0.3, 0.4) is 0 Å². The predicted molar refractivity (Wildman–Crippen MR) is 126 cm³/mol.